The lowest BCUT2D eigenvalue weighted by Crippen LogP contribution is -2.51. The van der Waals surface area contributed by atoms with E-state index in [1.54, 1.807) is 13.0 Å². The standard InChI is InChI=1S/C22H22N4O6/c1-22(10-9-14-5-3-2-4-6-14)20(29)26(21(30)24-22)25-18(27)12-23-19(28)15-7-8-16-17(11-15)32-13-31-16/h2-8,11H,9-10,12-13H2,1H3,(H,23,28)(H,24,30)(H,25,27). The van der Waals surface area contributed by atoms with Crippen LogP contribution in [0.3, 0.4) is 0 Å². The highest BCUT2D eigenvalue weighted by molar-refractivity contribution is 6.08. The largest absolute Gasteiger partial charge is 0.454 e. The number of hydrogen-bond donors (Lipinski definition) is 3. The Balaban J connectivity index is 1.30. The number of imide groups is 1. The predicted octanol–water partition coefficient (Wildman–Crippen LogP) is 1.12. The summed E-state index contributed by atoms with van der Waals surface area (Å²) < 4.78 is 10.4. The summed E-state index contributed by atoms with van der Waals surface area (Å²) in [4.78, 5) is 49.6. The fourth-order valence-electron chi connectivity index (χ4n) is 3.46. The fourth-order valence-corrected chi connectivity index (χ4v) is 3.46. The smallest absolute Gasteiger partial charge is 0.344 e. The zero-order valence-electron chi connectivity index (χ0n) is 17.3. The maximum Gasteiger partial charge on any atom is 0.344 e. The summed E-state index contributed by atoms with van der Waals surface area (Å²) in [5, 5.41) is 5.73. The van der Waals surface area contributed by atoms with Crippen LogP contribution in [0.5, 0.6) is 11.5 Å². The molecule has 2 heterocycles. The molecule has 5 amide bonds. The zero-order valence-corrected chi connectivity index (χ0v) is 17.3. The summed E-state index contributed by atoms with van der Waals surface area (Å²) in [6.45, 7) is 1.27. The van der Waals surface area contributed by atoms with Gasteiger partial charge in [0.05, 0.1) is 6.54 Å². The number of nitrogens with one attached hydrogen (secondary N) is 3. The van der Waals surface area contributed by atoms with E-state index >= 15 is 0 Å². The number of carbonyl (C=O) groups is 4. The molecule has 1 saturated heterocycles. The van der Waals surface area contributed by atoms with E-state index in [-0.39, 0.29) is 12.4 Å². The molecule has 4 rings (SSSR count). The first-order chi connectivity index (χ1) is 15.4. The Morgan fingerprint density at radius 3 is 2.62 bits per heavy atom. The minimum atomic E-state index is -1.14. The van der Waals surface area contributed by atoms with Crippen molar-refractivity contribution >= 4 is 23.8 Å². The lowest BCUT2D eigenvalue weighted by Gasteiger charge is -2.21. The van der Waals surface area contributed by atoms with Crippen LogP contribution in [0.15, 0.2) is 48.5 Å². The number of rotatable bonds is 7. The molecule has 2 aliphatic heterocycles. The van der Waals surface area contributed by atoms with Crippen LogP contribution in [0.1, 0.15) is 29.3 Å². The number of aryl methyl sites for hydroxylation is 1. The number of nitrogens with zero attached hydrogens (tertiary/aromatic N) is 1. The van der Waals surface area contributed by atoms with E-state index in [1.807, 2.05) is 30.3 Å². The third kappa shape index (κ3) is 4.34. The second kappa shape index (κ2) is 8.58. The minimum Gasteiger partial charge on any atom is -0.454 e. The van der Waals surface area contributed by atoms with Gasteiger partial charge in [0.25, 0.3) is 17.7 Å². The highest BCUT2D eigenvalue weighted by Crippen LogP contribution is 2.32. The molecule has 166 valence electrons. The van der Waals surface area contributed by atoms with E-state index in [0.29, 0.717) is 29.3 Å². The van der Waals surface area contributed by atoms with Gasteiger partial charge in [0.15, 0.2) is 11.5 Å². The molecular weight excluding hydrogens is 416 g/mol. The average Bonchev–Trinajstić information content (AvgIpc) is 3.35. The molecule has 0 aliphatic carbocycles. The quantitative estimate of drug-likeness (QED) is 0.556. The summed E-state index contributed by atoms with van der Waals surface area (Å²) in [6, 6.07) is 13.5. The third-order valence-electron chi connectivity index (χ3n) is 5.30. The van der Waals surface area contributed by atoms with Crippen LogP contribution in [-0.4, -0.2) is 47.6 Å². The number of fused-ring (bicyclic) bond motifs is 1. The summed E-state index contributed by atoms with van der Waals surface area (Å²) >= 11 is 0. The van der Waals surface area contributed by atoms with Crippen LogP contribution in [0.25, 0.3) is 0 Å². The Morgan fingerprint density at radius 2 is 1.84 bits per heavy atom. The molecule has 1 fully saturated rings. The van der Waals surface area contributed by atoms with Gasteiger partial charge in [0.2, 0.25) is 6.79 Å². The molecule has 32 heavy (non-hydrogen) atoms. The molecule has 2 aromatic rings. The summed E-state index contributed by atoms with van der Waals surface area (Å²) in [5.41, 5.74) is 2.43. The lowest BCUT2D eigenvalue weighted by molar-refractivity contribution is -0.138. The molecule has 0 spiro atoms. The number of ether oxygens (including phenoxy) is 2. The molecule has 1 atom stereocenters. The van der Waals surface area contributed by atoms with Crippen molar-refractivity contribution in [1.82, 2.24) is 21.1 Å². The second-order valence-electron chi connectivity index (χ2n) is 7.67. The molecule has 10 nitrogen and oxygen atoms in total. The Kier molecular flexibility index (Phi) is 5.67. The monoisotopic (exact) mass is 438 g/mol. The van der Waals surface area contributed by atoms with Crippen LogP contribution < -0.4 is 25.5 Å². The van der Waals surface area contributed by atoms with Gasteiger partial charge >= 0.3 is 6.03 Å². The van der Waals surface area contributed by atoms with Crippen molar-refractivity contribution in [3.8, 4) is 11.5 Å². The molecule has 0 radical (unpaired) electrons. The second-order valence-corrected chi connectivity index (χ2v) is 7.67. The molecule has 2 aromatic carbocycles. The molecule has 2 aliphatic rings. The molecule has 3 N–H and O–H groups in total. The van der Waals surface area contributed by atoms with Gasteiger partial charge in [0, 0.05) is 5.56 Å². The highest BCUT2D eigenvalue weighted by Gasteiger charge is 2.48. The number of amides is 5. The van der Waals surface area contributed by atoms with Crippen LogP contribution >= 0.6 is 0 Å². The number of hydrogen-bond acceptors (Lipinski definition) is 6. The number of urea groups is 1. The van der Waals surface area contributed by atoms with Gasteiger partial charge in [-0.05, 0) is 43.5 Å². The highest BCUT2D eigenvalue weighted by atomic mass is 16.7. The SMILES string of the molecule is CC1(CCc2ccccc2)NC(=O)N(NC(=O)CNC(=O)c2ccc3c(c2)OCO3)C1=O. The number of hydrazine groups is 1. The van der Waals surface area contributed by atoms with Crippen molar-refractivity contribution in [2.45, 2.75) is 25.3 Å². The van der Waals surface area contributed by atoms with Gasteiger partial charge < -0.3 is 20.1 Å². The van der Waals surface area contributed by atoms with Gasteiger partial charge in [0.1, 0.15) is 5.54 Å². The van der Waals surface area contributed by atoms with E-state index < -0.39 is 35.8 Å². The lowest BCUT2D eigenvalue weighted by atomic mass is 9.93. The van der Waals surface area contributed by atoms with Crippen molar-refractivity contribution in [3.05, 3.63) is 59.7 Å². The van der Waals surface area contributed by atoms with E-state index in [4.69, 9.17) is 9.47 Å². The van der Waals surface area contributed by atoms with Gasteiger partial charge in [-0.3, -0.25) is 19.8 Å². The molecule has 1 unspecified atom stereocenters. The average molecular weight is 438 g/mol. The summed E-state index contributed by atoms with van der Waals surface area (Å²) in [5.74, 6) is -0.809. The van der Waals surface area contributed by atoms with E-state index in [9.17, 15) is 19.2 Å². The minimum absolute atomic E-state index is 0.0823. The van der Waals surface area contributed by atoms with E-state index in [1.165, 1.54) is 12.1 Å². The van der Waals surface area contributed by atoms with Crippen molar-refractivity contribution < 1.29 is 28.7 Å². The number of carbonyl (C=O) groups excluding carboxylic acids is 4. The first-order valence-corrected chi connectivity index (χ1v) is 10.0. The fraction of sp³-hybridized carbons (Fsp3) is 0.273. The molecular formula is C22H22N4O6. The Labute approximate surface area is 183 Å². The maximum atomic E-state index is 12.8. The van der Waals surface area contributed by atoms with Gasteiger partial charge in [-0.1, -0.05) is 30.3 Å². The van der Waals surface area contributed by atoms with Gasteiger partial charge in [-0.25, -0.2) is 4.79 Å². The van der Waals surface area contributed by atoms with E-state index in [2.05, 4.69) is 16.1 Å². The first kappa shape index (κ1) is 21.2. The van der Waals surface area contributed by atoms with E-state index in [0.717, 1.165) is 5.56 Å². The summed E-state index contributed by atoms with van der Waals surface area (Å²) in [6.07, 6.45) is 0.950. The van der Waals surface area contributed by atoms with Crippen molar-refractivity contribution in [2.75, 3.05) is 13.3 Å². The van der Waals surface area contributed by atoms with Crippen LogP contribution in [-0.2, 0) is 16.0 Å². The van der Waals surface area contributed by atoms with Crippen molar-refractivity contribution in [3.63, 3.8) is 0 Å². The van der Waals surface area contributed by atoms with Crippen LogP contribution in [0, 0.1) is 0 Å². The Morgan fingerprint density at radius 1 is 1.09 bits per heavy atom. The van der Waals surface area contributed by atoms with Crippen molar-refractivity contribution in [1.29, 1.82) is 0 Å². The van der Waals surface area contributed by atoms with Gasteiger partial charge in [-0.2, -0.15) is 5.01 Å². The Hall–Kier alpha value is -4.08. The van der Waals surface area contributed by atoms with Crippen LogP contribution in [0.2, 0.25) is 0 Å². The maximum absolute atomic E-state index is 12.8. The Bertz CT molecular complexity index is 1070. The number of benzene rings is 2. The molecule has 10 heteroatoms. The normalized spacial score (nSPS) is 19.0. The first-order valence-electron chi connectivity index (χ1n) is 10.0. The van der Waals surface area contributed by atoms with Crippen LogP contribution in [0.4, 0.5) is 4.79 Å². The molecule has 0 bridgehead atoms. The zero-order chi connectivity index (χ0) is 22.7. The third-order valence-corrected chi connectivity index (χ3v) is 5.30. The summed E-state index contributed by atoms with van der Waals surface area (Å²) in [7, 11) is 0. The van der Waals surface area contributed by atoms with Crippen molar-refractivity contribution in [2.24, 2.45) is 0 Å². The topological polar surface area (TPSA) is 126 Å². The predicted molar refractivity (Wildman–Crippen MR) is 112 cm³/mol. The van der Waals surface area contributed by atoms with Gasteiger partial charge in [-0.15, -0.1) is 0 Å². The molecule has 0 aromatic heterocycles. The molecule has 0 saturated carbocycles.